The number of rotatable bonds is 3. The summed E-state index contributed by atoms with van der Waals surface area (Å²) in [6.45, 7) is 1.76. The molecule has 0 saturated heterocycles. The lowest BCUT2D eigenvalue weighted by atomic mass is 10.3. The molecule has 0 saturated carbocycles. The van der Waals surface area contributed by atoms with Gasteiger partial charge in [0.1, 0.15) is 6.54 Å². The topological polar surface area (TPSA) is 66.3 Å². The van der Waals surface area contributed by atoms with Crippen LogP contribution in [0.4, 0.5) is 5.82 Å². The van der Waals surface area contributed by atoms with E-state index < -0.39 is 5.97 Å². The number of hydrogen-bond acceptors (Lipinski definition) is 3. The number of hydrogen-bond donors (Lipinski definition) is 1. The average Bonchev–Trinajstić information content (AvgIpc) is 2.03. The lowest BCUT2D eigenvalue weighted by molar-refractivity contribution is -0.362. The molecule has 1 rings (SSSR count). The van der Waals surface area contributed by atoms with Gasteiger partial charge in [-0.25, -0.2) is 4.98 Å². The van der Waals surface area contributed by atoms with E-state index >= 15 is 0 Å². The SMILES string of the molecule is Cc1ccc(NCC(=O)[O-])[nH+]c1. The molecule has 0 amide bonds. The number of anilines is 1. The molecule has 2 N–H and O–H groups in total. The number of aromatic amines is 1. The number of nitrogens with one attached hydrogen (secondary N) is 2. The second kappa shape index (κ2) is 3.71. The number of pyridine rings is 1. The van der Waals surface area contributed by atoms with E-state index in [0.29, 0.717) is 5.82 Å². The van der Waals surface area contributed by atoms with Crippen molar-refractivity contribution in [3.05, 3.63) is 23.9 Å². The highest BCUT2D eigenvalue weighted by molar-refractivity contribution is 5.69. The van der Waals surface area contributed by atoms with Crippen molar-refractivity contribution in [2.75, 3.05) is 11.9 Å². The fourth-order valence-electron chi connectivity index (χ4n) is 0.780. The van der Waals surface area contributed by atoms with Crippen LogP contribution >= 0.6 is 0 Å². The van der Waals surface area contributed by atoms with Gasteiger partial charge in [0.05, 0.1) is 12.2 Å². The molecular formula is C8H10N2O2. The molecule has 4 nitrogen and oxygen atoms in total. The van der Waals surface area contributed by atoms with Crippen LogP contribution in [0.15, 0.2) is 18.3 Å². The third-order valence-electron chi connectivity index (χ3n) is 1.39. The Bertz CT molecular complexity index is 269. The standard InChI is InChI=1S/C8H10N2O2/c1-6-2-3-7(9-4-6)10-5-8(11)12/h2-4H,5H2,1H3,(H,9,10)(H,11,12). The van der Waals surface area contributed by atoms with Crippen molar-refractivity contribution < 1.29 is 14.9 Å². The molecule has 1 heterocycles. The van der Waals surface area contributed by atoms with Crippen LogP contribution in [0, 0.1) is 6.92 Å². The summed E-state index contributed by atoms with van der Waals surface area (Å²) >= 11 is 0. The summed E-state index contributed by atoms with van der Waals surface area (Å²) in [4.78, 5) is 12.9. The molecule has 64 valence electrons. The van der Waals surface area contributed by atoms with Crippen molar-refractivity contribution in [3.63, 3.8) is 0 Å². The number of carboxylic acid groups (broad SMARTS) is 1. The van der Waals surface area contributed by atoms with Gasteiger partial charge < -0.3 is 9.90 Å². The van der Waals surface area contributed by atoms with Crippen LogP contribution in [-0.4, -0.2) is 12.5 Å². The number of aryl methyl sites for hydroxylation is 1. The zero-order valence-corrected chi connectivity index (χ0v) is 6.76. The second-order valence-electron chi connectivity index (χ2n) is 2.51. The van der Waals surface area contributed by atoms with Crippen molar-refractivity contribution in [3.8, 4) is 0 Å². The predicted molar refractivity (Wildman–Crippen MR) is 41.2 cm³/mol. The van der Waals surface area contributed by atoms with E-state index in [0.717, 1.165) is 5.56 Å². The molecule has 0 aliphatic rings. The van der Waals surface area contributed by atoms with Crippen molar-refractivity contribution in [1.82, 2.24) is 0 Å². The van der Waals surface area contributed by atoms with Crippen molar-refractivity contribution in [2.45, 2.75) is 6.92 Å². The molecule has 0 aromatic carbocycles. The maximum absolute atomic E-state index is 10.1. The molecule has 0 unspecified atom stereocenters. The number of H-pyrrole nitrogens is 1. The fourth-order valence-corrected chi connectivity index (χ4v) is 0.780. The van der Waals surface area contributed by atoms with Crippen LogP contribution in [0.2, 0.25) is 0 Å². The highest BCUT2D eigenvalue weighted by atomic mass is 16.4. The monoisotopic (exact) mass is 166 g/mol. The summed E-state index contributed by atoms with van der Waals surface area (Å²) in [5.74, 6) is -0.450. The number of aromatic nitrogens is 1. The normalized spacial score (nSPS) is 9.42. The Balaban J connectivity index is 2.53. The number of aliphatic carboxylic acids is 1. The third kappa shape index (κ3) is 2.57. The van der Waals surface area contributed by atoms with Gasteiger partial charge in [-0.2, -0.15) is 0 Å². The molecule has 1 aromatic rings. The van der Waals surface area contributed by atoms with Gasteiger partial charge >= 0.3 is 0 Å². The van der Waals surface area contributed by atoms with Gasteiger partial charge in [-0.1, -0.05) is 0 Å². The van der Waals surface area contributed by atoms with E-state index in [2.05, 4.69) is 10.3 Å². The fraction of sp³-hybridized carbons (Fsp3) is 0.250. The molecule has 0 aliphatic heterocycles. The number of carbonyl (C=O) groups excluding carboxylic acids is 1. The Hall–Kier alpha value is -1.58. The number of carboxylic acids is 1. The van der Waals surface area contributed by atoms with Gasteiger partial charge in [-0.05, 0) is 18.6 Å². The van der Waals surface area contributed by atoms with E-state index in [4.69, 9.17) is 0 Å². The molecule has 0 fully saturated rings. The zero-order valence-electron chi connectivity index (χ0n) is 6.76. The first kappa shape index (κ1) is 8.52. The van der Waals surface area contributed by atoms with E-state index in [9.17, 15) is 9.90 Å². The van der Waals surface area contributed by atoms with E-state index in [1.807, 2.05) is 13.0 Å². The van der Waals surface area contributed by atoms with E-state index in [1.54, 1.807) is 12.3 Å². The molecule has 1 aromatic heterocycles. The summed E-state index contributed by atoms with van der Waals surface area (Å²) in [5, 5.41) is 12.7. The first-order valence-electron chi connectivity index (χ1n) is 3.60. The van der Waals surface area contributed by atoms with Gasteiger partial charge in [-0.3, -0.25) is 5.32 Å². The minimum atomic E-state index is -1.12. The van der Waals surface area contributed by atoms with Crippen LogP contribution in [0.1, 0.15) is 5.56 Å². The van der Waals surface area contributed by atoms with Crippen LogP contribution in [0.5, 0.6) is 0 Å². The van der Waals surface area contributed by atoms with Gasteiger partial charge in [0.15, 0.2) is 0 Å². The summed E-state index contributed by atoms with van der Waals surface area (Å²) in [6.07, 6.45) is 1.79. The van der Waals surface area contributed by atoms with Crippen molar-refractivity contribution in [2.24, 2.45) is 0 Å². The van der Waals surface area contributed by atoms with Gasteiger partial charge in [0.25, 0.3) is 5.82 Å². The first-order chi connectivity index (χ1) is 5.68. The van der Waals surface area contributed by atoms with Crippen LogP contribution < -0.4 is 15.4 Å². The zero-order chi connectivity index (χ0) is 8.97. The Morgan fingerprint density at radius 3 is 2.92 bits per heavy atom. The summed E-state index contributed by atoms with van der Waals surface area (Å²) < 4.78 is 0. The van der Waals surface area contributed by atoms with Crippen LogP contribution in [0.25, 0.3) is 0 Å². The maximum Gasteiger partial charge on any atom is 0.272 e. The molecule has 12 heavy (non-hydrogen) atoms. The molecule has 0 spiro atoms. The highest BCUT2D eigenvalue weighted by Gasteiger charge is 1.98. The quantitative estimate of drug-likeness (QED) is 0.624. The van der Waals surface area contributed by atoms with Crippen molar-refractivity contribution in [1.29, 1.82) is 0 Å². The Morgan fingerprint density at radius 1 is 1.67 bits per heavy atom. The van der Waals surface area contributed by atoms with Crippen LogP contribution in [0.3, 0.4) is 0 Å². The van der Waals surface area contributed by atoms with Crippen LogP contribution in [-0.2, 0) is 4.79 Å². The first-order valence-corrected chi connectivity index (χ1v) is 3.60. The molecule has 4 heteroatoms. The van der Waals surface area contributed by atoms with Gasteiger partial charge in [-0.15, -0.1) is 0 Å². The van der Waals surface area contributed by atoms with Gasteiger partial charge in [0.2, 0.25) is 0 Å². The van der Waals surface area contributed by atoms with E-state index in [-0.39, 0.29) is 6.54 Å². The van der Waals surface area contributed by atoms with Crippen molar-refractivity contribution >= 4 is 11.8 Å². The minimum absolute atomic E-state index is 0.181. The molecule has 0 aliphatic carbocycles. The second-order valence-corrected chi connectivity index (χ2v) is 2.51. The Kier molecular flexibility index (Phi) is 2.63. The summed E-state index contributed by atoms with van der Waals surface area (Å²) in [7, 11) is 0. The highest BCUT2D eigenvalue weighted by Crippen LogP contribution is 1.97. The summed E-state index contributed by atoms with van der Waals surface area (Å²) in [5.41, 5.74) is 1.09. The molecule has 0 atom stereocenters. The Morgan fingerprint density at radius 2 is 2.42 bits per heavy atom. The third-order valence-corrected chi connectivity index (χ3v) is 1.39. The molecule has 0 radical (unpaired) electrons. The number of carbonyl (C=O) groups is 1. The predicted octanol–water partition coefficient (Wildman–Crippen LogP) is -1.03. The average molecular weight is 166 g/mol. The smallest absolute Gasteiger partial charge is 0.272 e. The lowest BCUT2D eigenvalue weighted by Gasteiger charge is -1.98. The summed E-state index contributed by atoms with van der Waals surface area (Å²) in [6, 6.07) is 3.66. The molecular weight excluding hydrogens is 156 g/mol. The van der Waals surface area contributed by atoms with E-state index in [1.165, 1.54) is 0 Å². The maximum atomic E-state index is 10.1. The lowest BCUT2D eigenvalue weighted by Crippen LogP contribution is -2.31. The minimum Gasteiger partial charge on any atom is -0.546 e. The molecule has 0 bridgehead atoms. The van der Waals surface area contributed by atoms with Gasteiger partial charge in [0, 0.05) is 6.07 Å². The Labute approximate surface area is 70.3 Å². The largest absolute Gasteiger partial charge is 0.546 e.